The molecule has 1 amide bonds. The standard InChI is InChI=1S/C14H22N2O4/c1-5-19-12(17)11-8-10(6-7-15)9-16(11)13(18)20-14(2,3)4/h10-11H,5-6,8-9H2,1-4H3/t10-,11+/m1/s1. The van der Waals surface area contributed by atoms with Crippen molar-refractivity contribution in [2.45, 2.75) is 52.2 Å². The average Bonchev–Trinajstić information content (AvgIpc) is 2.72. The molecule has 6 nitrogen and oxygen atoms in total. The van der Waals surface area contributed by atoms with Crippen molar-refractivity contribution >= 4 is 12.1 Å². The first-order chi connectivity index (χ1) is 9.28. The number of likely N-dealkylation sites (tertiary alicyclic amines) is 1. The maximum absolute atomic E-state index is 12.1. The van der Waals surface area contributed by atoms with Gasteiger partial charge in [-0.2, -0.15) is 5.26 Å². The molecule has 0 aromatic carbocycles. The number of carbonyl (C=O) groups is 2. The minimum atomic E-state index is -0.650. The molecule has 0 aliphatic carbocycles. The van der Waals surface area contributed by atoms with Gasteiger partial charge in [0.05, 0.1) is 12.7 Å². The summed E-state index contributed by atoms with van der Waals surface area (Å²) >= 11 is 0. The summed E-state index contributed by atoms with van der Waals surface area (Å²) in [6, 6.07) is 1.43. The summed E-state index contributed by atoms with van der Waals surface area (Å²) in [6.45, 7) is 7.65. The first-order valence-corrected chi connectivity index (χ1v) is 6.81. The van der Waals surface area contributed by atoms with Crippen LogP contribution in [0.5, 0.6) is 0 Å². The molecule has 0 spiro atoms. The van der Waals surface area contributed by atoms with Crippen LogP contribution in [0.3, 0.4) is 0 Å². The molecule has 0 aromatic heterocycles. The molecule has 0 aromatic rings. The molecule has 1 aliphatic heterocycles. The van der Waals surface area contributed by atoms with Gasteiger partial charge in [0.1, 0.15) is 11.6 Å². The van der Waals surface area contributed by atoms with Crippen LogP contribution in [-0.4, -0.2) is 41.8 Å². The van der Waals surface area contributed by atoms with Gasteiger partial charge in [-0.05, 0) is 40.0 Å². The molecule has 1 aliphatic rings. The molecule has 0 radical (unpaired) electrons. The summed E-state index contributed by atoms with van der Waals surface area (Å²) in [5.74, 6) is -0.444. The van der Waals surface area contributed by atoms with Crippen molar-refractivity contribution < 1.29 is 19.1 Å². The SMILES string of the molecule is CCOC(=O)[C@@H]1C[C@@H](CC#N)CN1C(=O)OC(C)(C)C. The van der Waals surface area contributed by atoms with Crippen LogP contribution in [-0.2, 0) is 14.3 Å². The normalized spacial score (nSPS) is 22.2. The maximum Gasteiger partial charge on any atom is 0.411 e. The molecule has 1 saturated heterocycles. The number of hydrogen-bond acceptors (Lipinski definition) is 5. The van der Waals surface area contributed by atoms with Gasteiger partial charge in [-0.25, -0.2) is 9.59 Å². The molecule has 112 valence electrons. The largest absolute Gasteiger partial charge is 0.464 e. The molecule has 2 atom stereocenters. The van der Waals surface area contributed by atoms with E-state index >= 15 is 0 Å². The van der Waals surface area contributed by atoms with Crippen LogP contribution in [0.25, 0.3) is 0 Å². The molecule has 0 N–H and O–H groups in total. The lowest BCUT2D eigenvalue weighted by Gasteiger charge is -2.27. The Morgan fingerprint density at radius 3 is 2.55 bits per heavy atom. The summed E-state index contributed by atoms with van der Waals surface area (Å²) in [7, 11) is 0. The first-order valence-electron chi connectivity index (χ1n) is 6.81. The highest BCUT2D eigenvalue weighted by Gasteiger charge is 2.42. The Morgan fingerprint density at radius 2 is 2.05 bits per heavy atom. The van der Waals surface area contributed by atoms with Gasteiger partial charge in [-0.1, -0.05) is 0 Å². The zero-order valence-electron chi connectivity index (χ0n) is 12.5. The number of rotatable bonds is 3. The fourth-order valence-corrected chi connectivity index (χ4v) is 2.18. The number of hydrogen-bond donors (Lipinski definition) is 0. The van der Waals surface area contributed by atoms with Crippen molar-refractivity contribution in [2.75, 3.05) is 13.2 Å². The van der Waals surface area contributed by atoms with E-state index in [0.717, 1.165) is 0 Å². The smallest absolute Gasteiger partial charge is 0.411 e. The minimum absolute atomic E-state index is 0.0121. The number of carbonyl (C=O) groups excluding carboxylic acids is 2. The lowest BCUT2D eigenvalue weighted by Crippen LogP contribution is -2.44. The van der Waals surface area contributed by atoms with Crippen molar-refractivity contribution in [3.05, 3.63) is 0 Å². The highest BCUT2D eigenvalue weighted by Crippen LogP contribution is 2.28. The Kier molecular flexibility index (Phi) is 5.37. The number of nitrogens with zero attached hydrogens (tertiary/aromatic N) is 2. The van der Waals surface area contributed by atoms with Crippen molar-refractivity contribution in [2.24, 2.45) is 5.92 Å². The number of nitriles is 1. The summed E-state index contributed by atoms with van der Waals surface area (Å²) in [4.78, 5) is 25.4. The van der Waals surface area contributed by atoms with Crippen LogP contribution < -0.4 is 0 Å². The van der Waals surface area contributed by atoms with Crippen molar-refractivity contribution in [1.82, 2.24) is 4.90 Å². The lowest BCUT2D eigenvalue weighted by molar-refractivity contribution is -0.148. The zero-order valence-corrected chi connectivity index (χ0v) is 12.5. The van der Waals surface area contributed by atoms with Gasteiger partial charge in [0.2, 0.25) is 0 Å². The van der Waals surface area contributed by atoms with Gasteiger partial charge < -0.3 is 9.47 Å². The fourth-order valence-electron chi connectivity index (χ4n) is 2.18. The highest BCUT2D eigenvalue weighted by molar-refractivity contribution is 5.82. The average molecular weight is 282 g/mol. The number of amides is 1. The molecule has 0 unspecified atom stereocenters. The highest BCUT2D eigenvalue weighted by atomic mass is 16.6. The van der Waals surface area contributed by atoms with E-state index in [1.54, 1.807) is 27.7 Å². The van der Waals surface area contributed by atoms with E-state index in [1.807, 2.05) is 0 Å². The van der Waals surface area contributed by atoms with Gasteiger partial charge in [-0.15, -0.1) is 0 Å². The molecular formula is C14H22N2O4. The Morgan fingerprint density at radius 1 is 1.40 bits per heavy atom. The third kappa shape index (κ3) is 4.41. The lowest BCUT2D eigenvalue weighted by atomic mass is 10.0. The quantitative estimate of drug-likeness (QED) is 0.740. The first kappa shape index (κ1) is 16.3. The summed E-state index contributed by atoms with van der Waals surface area (Å²) < 4.78 is 10.3. The van der Waals surface area contributed by atoms with Gasteiger partial charge in [0.25, 0.3) is 0 Å². The molecule has 1 fully saturated rings. The second-order valence-corrected chi connectivity index (χ2v) is 5.86. The second-order valence-electron chi connectivity index (χ2n) is 5.86. The van der Waals surface area contributed by atoms with E-state index in [9.17, 15) is 9.59 Å². The van der Waals surface area contributed by atoms with Crippen LogP contribution in [0, 0.1) is 17.2 Å². The molecule has 0 saturated carbocycles. The Labute approximate surface area is 119 Å². The molecule has 1 heterocycles. The summed E-state index contributed by atoms with van der Waals surface area (Å²) in [5, 5.41) is 8.77. The minimum Gasteiger partial charge on any atom is -0.464 e. The van der Waals surface area contributed by atoms with Crippen LogP contribution in [0.15, 0.2) is 0 Å². The molecular weight excluding hydrogens is 260 g/mol. The van der Waals surface area contributed by atoms with Crippen molar-refractivity contribution in [3.8, 4) is 6.07 Å². The number of esters is 1. The van der Waals surface area contributed by atoms with E-state index in [4.69, 9.17) is 14.7 Å². The van der Waals surface area contributed by atoms with Crippen LogP contribution in [0.4, 0.5) is 4.79 Å². The predicted octanol–water partition coefficient (Wildman–Crippen LogP) is 2.09. The topological polar surface area (TPSA) is 79.6 Å². The maximum atomic E-state index is 12.1. The van der Waals surface area contributed by atoms with Crippen LogP contribution in [0.1, 0.15) is 40.5 Å². The number of ether oxygens (including phenoxy) is 2. The fraction of sp³-hybridized carbons (Fsp3) is 0.786. The van der Waals surface area contributed by atoms with Crippen LogP contribution >= 0.6 is 0 Å². The van der Waals surface area contributed by atoms with E-state index in [1.165, 1.54) is 4.90 Å². The van der Waals surface area contributed by atoms with E-state index in [2.05, 4.69) is 6.07 Å². The molecule has 0 bridgehead atoms. The Bertz CT molecular complexity index is 408. The van der Waals surface area contributed by atoms with Gasteiger partial charge in [0.15, 0.2) is 0 Å². The van der Waals surface area contributed by atoms with E-state index < -0.39 is 23.7 Å². The van der Waals surface area contributed by atoms with E-state index in [0.29, 0.717) is 19.4 Å². The Balaban J connectivity index is 2.80. The van der Waals surface area contributed by atoms with Gasteiger partial charge in [0, 0.05) is 13.0 Å². The van der Waals surface area contributed by atoms with Crippen molar-refractivity contribution in [1.29, 1.82) is 5.26 Å². The zero-order chi connectivity index (χ0) is 15.3. The molecule has 20 heavy (non-hydrogen) atoms. The molecule has 1 rings (SSSR count). The van der Waals surface area contributed by atoms with Gasteiger partial charge in [-0.3, -0.25) is 4.90 Å². The second kappa shape index (κ2) is 6.60. The Hall–Kier alpha value is -1.77. The van der Waals surface area contributed by atoms with Crippen molar-refractivity contribution in [3.63, 3.8) is 0 Å². The third-order valence-electron chi connectivity index (χ3n) is 2.95. The predicted molar refractivity (Wildman–Crippen MR) is 71.7 cm³/mol. The van der Waals surface area contributed by atoms with E-state index in [-0.39, 0.29) is 12.5 Å². The van der Waals surface area contributed by atoms with Crippen LogP contribution in [0.2, 0.25) is 0 Å². The molecule has 6 heteroatoms. The summed E-state index contributed by atoms with van der Waals surface area (Å²) in [5.41, 5.74) is -0.621. The monoisotopic (exact) mass is 282 g/mol. The van der Waals surface area contributed by atoms with Gasteiger partial charge >= 0.3 is 12.1 Å². The summed E-state index contributed by atoms with van der Waals surface area (Å²) in [6.07, 6.45) is 0.233. The third-order valence-corrected chi connectivity index (χ3v) is 2.95.